The molecule has 0 bridgehead atoms. The van der Waals surface area contributed by atoms with E-state index < -0.39 is 17.7 Å². The molecule has 32 heavy (non-hydrogen) atoms. The number of nitrogens with one attached hydrogen (secondary N) is 3. The van der Waals surface area contributed by atoms with Crippen molar-refractivity contribution in [2.75, 3.05) is 37.3 Å². The van der Waals surface area contributed by atoms with Crippen molar-refractivity contribution in [1.29, 1.82) is 0 Å². The van der Waals surface area contributed by atoms with Gasteiger partial charge in [0.25, 0.3) is 0 Å². The average Bonchev–Trinajstić information content (AvgIpc) is 2.73. The largest absolute Gasteiger partial charge is 0.444 e. The highest BCUT2D eigenvalue weighted by Gasteiger charge is 2.26. The minimum absolute atomic E-state index is 0.232. The lowest BCUT2D eigenvalue weighted by atomic mass is 10.2. The second-order valence-electron chi connectivity index (χ2n) is 8.38. The molecule has 1 aromatic heterocycles. The number of amides is 2. The van der Waals surface area contributed by atoms with Gasteiger partial charge in [0.05, 0.1) is 11.8 Å². The fraction of sp³-hybridized carbons (Fsp3) is 0.652. The third-order valence-electron chi connectivity index (χ3n) is 4.31. The molecule has 0 aliphatic heterocycles. The molecule has 178 valence electrons. The molecule has 0 fully saturated rings. The number of ether oxygens (including phenoxy) is 1. The van der Waals surface area contributed by atoms with Crippen LogP contribution < -0.4 is 16.0 Å². The van der Waals surface area contributed by atoms with Crippen LogP contribution in [0, 0.1) is 11.8 Å². The zero-order valence-electron chi connectivity index (χ0n) is 20.5. The predicted molar refractivity (Wildman–Crippen MR) is 128 cm³/mol. The molecule has 1 rings (SSSR count). The molecule has 1 heterocycles. The summed E-state index contributed by atoms with van der Waals surface area (Å²) >= 11 is 0. The number of carbonyl (C=O) groups is 2. The maximum absolute atomic E-state index is 12.3. The highest BCUT2D eigenvalue weighted by molar-refractivity contribution is 5.85. The molecule has 0 aromatic carbocycles. The third-order valence-corrected chi connectivity index (χ3v) is 4.31. The Morgan fingerprint density at radius 2 is 1.94 bits per heavy atom. The molecule has 0 aliphatic rings. The first kappa shape index (κ1) is 27.0. The van der Waals surface area contributed by atoms with E-state index in [1.807, 2.05) is 6.92 Å². The lowest BCUT2D eigenvalue weighted by Crippen LogP contribution is -2.47. The first-order valence-corrected chi connectivity index (χ1v) is 11.2. The Kier molecular flexibility index (Phi) is 11.3. The Balaban J connectivity index is 2.52. The van der Waals surface area contributed by atoms with Gasteiger partial charge in [-0.05, 0) is 47.5 Å². The van der Waals surface area contributed by atoms with Crippen molar-refractivity contribution < 1.29 is 14.3 Å². The molecule has 0 saturated carbocycles. The van der Waals surface area contributed by atoms with Crippen LogP contribution in [-0.4, -0.2) is 65.2 Å². The van der Waals surface area contributed by atoms with Gasteiger partial charge in [0.2, 0.25) is 11.9 Å². The zero-order valence-corrected chi connectivity index (χ0v) is 20.5. The van der Waals surface area contributed by atoms with Crippen LogP contribution in [0.2, 0.25) is 0 Å². The van der Waals surface area contributed by atoms with Gasteiger partial charge in [-0.1, -0.05) is 18.8 Å². The van der Waals surface area contributed by atoms with E-state index in [1.54, 1.807) is 40.9 Å². The monoisotopic (exact) mass is 446 g/mol. The molecule has 9 heteroatoms. The molecule has 0 saturated heterocycles. The molecule has 1 atom stereocenters. The Bertz CT molecular complexity index is 810. The van der Waals surface area contributed by atoms with Gasteiger partial charge in [-0.15, -0.1) is 0 Å². The highest BCUT2D eigenvalue weighted by Crippen LogP contribution is 2.13. The normalized spacial score (nSPS) is 11.6. The Morgan fingerprint density at radius 3 is 2.56 bits per heavy atom. The summed E-state index contributed by atoms with van der Waals surface area (Å²) in [7, 11) is 1.55. The van der Waals surface area contributed by atoms with Gasteiger partial charge in [-0.3, -0.25) is 9.69 Å². The van der Waals surface area contributed by atoms with Crippen LogP contribution in [0.1, 0.15) is 66.4 Å². The van der Waals surface area contributed by atoms with E-state index in [0.717, 1.165) is 30.9 Å². The summed E-state index contributed by atoms with van der Waals surface area (Å²) in [5.74, 6) is 7.29. The molecule has 1 aromatic rings. The summed E-state index contributed by atoms with van der Waals surface area (Å²) in [6, 6.07) is -0.629. The third kappa shape index (κ3) is 9.86. The first-order chi connectivity index (χ1) is 15.1. The Labute approximate surface area is 192 Å². The first-order valence-electron chi connectivity index (χ1n) is 11.2. The van der Waals surface area contributed by atoms with E-state index in [4.69, 9.17) is 4.74 Å². The lowest BCUT2D eigenvalue weighted by molar-refractivity contribution is -0.125. The second kappa shape index (κ2) is 13.4. The predicted octanol–water partition coefficient (Wildman–Crippen LogP) is 3.23. The summed E-state index contributed by atoms with van der Waals surface area (Å²) in [6.45, 7) is 13.1. The van der Waals surface area contributed by atoms with Crippen LogP contribution >= 0.6 is 0 Å². The van der Waals surface area contributed by atoms with Crippen molar-refractivity contribution in [3.05, 3.63) is 11.8 Å². The SMILES string of the molecule is CCCNc1nc(NCC)ncc1C#CCCCNC(=O)[C@H](C)N(C)C(=O)OC(C)(C)C. The van der Waals surface area contributed by atoms with Gasteiger partial charge >= 0.3 is 6.09 Å². The number of anilines is 2. The maximum atomic E-state index is 12.3. The molecule has 0 aliphatic carbocycles. The topological polar surface area (TPSA) is 108 Å². The van der Waals surface area contributed by atoms with Crippen molar-refractivity contribution >= 4 is 23.8 Å². The summed E-state index contributed by atoms with van der Waals surface area (Å²) < 4.78 is 5.29. The summed E-state index contributed by atoms with van der Waals surface area (Å²) in [5, 5.41) is 9.22. The van der Waals surface area contributed by atoms with E-state index in [9.17, 15) is 9.59 Å². The number of likely N-dealkylation sites (N-methyl/N-ethyl adjacent to an activating group) is 1. The van der Waals surface area contributed by atoms with E-state index in [-0.39, 0.29) is 5.91 Å². The Morgan fingerprint density at radius 1 is 1.22 bits per heavy atom. The van der Waals surface area contributed by atoms with Crippen LogP contribution in [0.15, 0.2) is 6.20 Å². The zero-order chi connectivity index (χ0) is 24.1. The fourth-order valence-electron chi connectivity index (χ4n) is 2.46. The van der Waals surface area contributed by atoms with Gasteiger partial charge in [0.1, 0.15) is 17.5 Å². The number of carbonyl (C=O) groups excluding carboxylic acids is 2. The van der Waals surface area contributed by atoms with Gasteiger partial charge < -0.3 is 20.7 Å². The molecule has 3 N–H and O–H groups in total. The van der Waals surface area contributed by atoms with Crippen molar-refractivity contribution in [3.63, 3.8) is 0 Å². The average molecular weight is 447 g/mol. The van der Waals surface area contributed by atoms with Crippen LogP contribution in [0.3, 0.4) is 0 Å². The van der Waals surface area contributed by atoms with Crippen molar-refractivity contribution in [2.24, 2.45) is 0 Å². The minimum Gasteiger partial charge on any atom is -0.444 e. The number of hydrogen-bond donors (Lipinski definition) is 3. The standard InChI is InChI=1S/C23H38N6O3/c1-8-14-25-19-18(16-27-21(28-19)24-9-2)13-11-10-12-15-26-20(30)17(3)29(7)22(31)32-23(4,5)6/h16-17H,8-10,12,14-15H2,1-7H3,(H,26,30)(H2,24,25,27,28)/t17-/m0/s1. The van der Waals surface area contributed by atoms with Crippen LogP contribution in [0.5, 0.6) is 0 Å². The molecular formula is C23H38N6O3. The molecule has 0 unspecified atom stereocenters. The van der Waals surface area contributed by atoms with Gasteiger partial charge in [0, 0.05) is 33.1 Å². The van der Waals surface area contributed by atoms with Crippen molar-refractivity contribution in [2.45, 2.75) is 72.4 Å². The molecule has 9 nitrogen and oxygen atoms in total. The second-order valence-corrected chi connectivity index (χ2v) is 8.38. The lowest BCUT2D eigenvalue weighted by Gasteiger charge is -2.28. The highest BCUT2D eigenvalue weighted by atomic mass is 16.6. The number of rotatable bonds is 10. The van der Waals surface area contributed by atoms with Crippen molar-refractivity contribution in [3.8, 4) is 11.8 Å². The number of aromatic nitrogens is 2. The van der Waals surface area contributed by atoms with Gasteiger partial charge in [0.15, 0.2) is 0 Å². The van der Waals surface area contributed by atoms with E-state index in [2.05, 4.69) is 44.7 Å². The molecule has 0 spiro atoms. The molecule has 0 radical (unpaired) electrons. The van der Waals surface area contributed by atoms with Crippen LogP contribution in [-0.2, 0) is 9.53 Å². The van der Waals surface area contributed by atoms with Crippen LogP contribution in [0.25, 0.3) is 0 Å². The number of hydrogen-bond acceptors (Lipinski definition) is 7. The maximum Gasteiger partial charge on any atom is 0.410 e. The quantitative estimate of drug-likeness (QED) is 0.374. The fourth-order valence-corrected chi connectivity index (χ4v) is 2.46. The minimum atomic E-state index is -0.629. The van der Waals surface area contributed by atoms with Crippen LogP contribution in [0.4, 0.5) is 16.6 Å². The summed E-state index contributed by atoms with van der Waals surface area (Å²) in [5.41, 5.74) is 0.140. The Hall–Kier alpha value is -3.02. The number of unbranched alkanes of at least 4 members (excludes halogenated alkanes) is 1. The number of nitrogens with zero attached hydrogens (tertiary/aromatic N) is 3. The van der Waals surface area contributed by atoms with E-state index >= 15 is 0 Å². The summed E-state index contributed by atoms with van der Waals surface area (Å²) in [4.78, 5) is 34.5. The smallest absolute Gasteiger partial charge is 0.410 e. The van der Waals surface area contributed by atoms with E-state index in [1.165, 1.54) is 4.90 Å². The van der Waals surface area contributed by atoms with E-state index in [0.29, 0.717) is 25.3 Å². The van der Waals surface area contributed by atoms with Gasteiger partial charge in [-0.2, -0.15) is 4.98 Å². The summed E-state index contributed by atoms with van der Waals surface area (Å²) in [6.07, 6.45) is 3.47. The molecular weight excluding hydrogens is 408 g/mol. The van der Waals surface area contributed by atoms with Gasteiger partial charge in [-0.25, -0.2) is 9.78 Å². The van der Waals surface area contributed by atoms with Crippen molar-refractivity contribution in [1.82, 2.24) is 20.2 Å². The molecule has 2 amide bonds.